The maximum absolute atomic E-state index is 10.1. The van der Waals surface area contributed by atoms with Crippen LogP contribution in [0.2, 0.25) is 10.0 Å². The lowest BCUT2D eigenvalue weighted by Crippen LogP contribution is -2.48. The number of hydrogen-bond acceptors (Lipinski definition) is 15. The molecule has 0 bridgehead atoms. The molecule has 0 amide bonds. The molecule has 21 nitrogen and oxygen atoms in total. The normalized spacial score (nSPS) is 15.6. The number of carboxylic acids is 2. The van der Waals surface area contributed by atoms with Crippen molar-refractivity contribution in [2.24, 2.45) is 21.5 Å². The summed E-state index contributed by atoms with van der Waals surface area (Å²) in [5, 5.41) is 124. The number of carboxylic acid groups (broad SMARTS) is 2. The number of nitrogens with two attached hydrogens (primary N) is 2. The number of aliphatic hydroxyl groups excluding tert-OH is 10. The molecule has 0 heterocycles. The monoisotopic (exact) mass is 893 g/mol. The van der Waals surface area contributed by atoms with Gasteiger partial charge in [-0.2, -0.15) is 4.99 Å². The number of aliphatic imine (C=N–C) groups is 2. The Kier molecular flexibility index (Phi) is 28.4. The maximum atomic E-state index is 10.1. The number of hydrogen-bond donors (Lipinski definition) is 17. The number of halogens is 2. The standard InChI is InChI=1S/C25H33Cl2N7.2C6H12O7/c26-19-9-7-18(8-10-19)16-22(29)17-21(28)6-4-2-1-3-5-15-32-24(30)34-25(31)33-23-13-11-20(27)12-14-23;2*7-1-2(8)3(9)4(10)5(11)6(12)13/h7-14,28-29H,1-6,15-17H2,(H5,30,31,32,33,34);2*2-5,7-11H,1H2,(H,12,13)/t;2*2-,3-,4+,5-/m.11/s1. The van der Waals surface area contributed by atoms with Gasteiger partial charge in [0.25, 0.3) is 0 Å². The lowest BCUT2D eigenvalue weighted by atomic mass is 10.0. The van der Waals surface area contributed by atoms with Crippen molar-refractivity contribution >= 4 is 64.2 Å². The van der Waals surface area contributed by atoms with Crippen molar-refractivity contribution in [3.05, 3.63) is 64.1 Å². The van der Waals surface area contributed by atoms with E-state index < -0.39 is 74.0 Å². The topological polar surface area (TPSA) is 413 Å². The van der Waals surface area contributed by atoms with Gasteiger partial charge in [0.1, 0.15) is 36.6 Å². The second-order valence-electron chi connectivity index (χ2n) is 13.1. The number of rotatable bonds is 23. The van der Waals surface area contributed by atoms with Gasteiger partial charge in [0.05, 0.1) is 13.2 Å². The van der Waals surface area contributed by atoms with Gasteiger partial charge in [0.15, 0.2) is 12.2 Å². The fourth-order valence-corrected chi connectivity index (χ4v) is 4.89. The average molecular weight is 895 g/mol. The summed E-state index contributed by atoms with van der Waals surface area (Å²) in [5.74, 6) is -3.13. The molecule has 60 heavy (non-hydrogen) atoms. The Labute approximate surface area is 355 Å². The number of carbonyl (C=O) groups is 2. The van der Waals surface area contributed by atoms with E-state index in [-0.39, 0.29) is 11.9 Å². The van der Waals surface area contributed by atoms with Crippen molar-refractivity contribution < 1.29 is 70.9 Å². The summed E-state index contributed by atoms with van der Waals surface area (Å²) in [6.07, 6.45) is -8.87. The highest BCUT2D eigenvalue weighted by Gasteiger charge is 2.34. The number of aliphatic hydroxyl groups is 10. The zero-order valence-corrected chi connectivity index (χ0v) is 34.0. The van der Waals surface area contributed by atoms with Crippen molar-refractivity contribution in [2.75, 3.05) is 25.1 Å². The van der Waals surface area contributed by atoms with Crippen molar-refractivity contribution in [3.8, 4) is 0 Å². The molecule has 338 valence electrons. The Morgan fingerprint density at radius 2 is 1.08 bits per heavy atom. The van der Waals surface area contributed by atoms with Gasteiger partial charge in [-0.05, 0) is 61.2 Å². The van der Waals surface area contributed by atoms with Crippen molar-refractivity contribution in [3.63, 3.8) is 0 Å². The van der Waals surface area contributed by atoms with E-state index in [1.54, 1.807) is 24.3 Å². The molecule has 2 aromatic rings. The third kappa shape index (κ3) is 24.0. The maximum Gasteiger partial charge on any atom is 0.335 e. The van der Waals surface area contributed by atoms with Crippen molar-refractivity contribution in [2.45, 2.75) is 100 Å². The van der Waals surface area contributed by atoms with E-state index in [4.69, 9.17) is 107 Å². The summed E-state index contributed by atoms with van der Waals surface area (Å²) in [6, 6.07) is 14.6. The minimum atomic E-state index is -2.20. The smallest absolute Gasteiger partial charge is 0.335 e. The highest BCUT2D eigenvalue weighted by Crippen LogP contribution is 2.14. The average Bonchev–Trinajstić information content (AvgIpc) is 3.21. The number of aliphatic carboxylic acids is 2. The molecule has 0 aliphatic carbocycles. The zero-order valence-electron chi connectivity index (χ0n) is 32.5. The Bertz CT molecular complexity index is 1600. The second kappa shape index (κ2) is 30.6. The highest BCUT2D eigenvalue weighted by molar-refractivity contribution is 6.30. The van der Waals surface area contributed by atoms with Gasteiger partial charge in [0.2, 0.25) is 11.9 Å². The number of benzene rings is 2. The summed E-state index contributed by atoms with van der Waals surface area (Å²) in [6.45, 7) is -1.09. The third-order valence-electron chi connectivity index (χ3n) is 8.04. The number of nitrogens with zero attached hydrogens (tertiary/aromatic N) is 2. The molecule has 23 heteroatoms. The Balaban J connectivity index is 0.00000110. The van der Waals surface area contributed by atoms with Crippen LogP contribution in [0.5, 0.6) is 0 Å². The summed E-state index contributed by atoms with van der Waals surface area (Å²) >= 11 is 11.7. The predicted octanol–water partition coefficient (Wildman–Crippen LogP) is -0.939. The zero-order chi connectivity index (χ0) is 45.9. The molecular formula is C37H57Cl2N7O14. The minimum absolute atomic E-state index is 0.147. The summed E-state index contributed by atoms with van der Waals surface area (Å²) in [7, 11) is 0. The first kappa shape index (κ1) is 55.6. The molecule has 8 atom stereocenters. The molecule has 0 saturated carbocycles. The van der Waals surface area contributed by atoms with Crippen LogP contribution in [0.4, 0.5) is 5.69 Å². The van der Waals surface area contributed by atoms with Crippen LogP contribution in [0.15, 0.2) is 58.5 Å². The van der Waals surface area contributed by atoms with Crippen molar-refractivity contribution in [1.29, 1.82) is 10.8 Å². The van der Waals surface area contributed by atoms with Crippen LogP contribution in [-0.4, -0.2) is 165 Å². The largest absolute Gasteiger partial charge is 0.479 e. The fourth-order valence-electron chi connectivity index (χ4n) is 4.64. The van der Waals surface area contributed by atoms with E-state index in [0.29, 0.717) is 40.9 Å². The molecule has 2 rings (SSSR count). The van der Waals surface area contributed by atoms with Gasteiger partial charge in [-0.1, -0.05) is 54.6 Å². The van der Waals surface area contributed by atoms with E-state index in [2.05, 4.69) is 15.3 Å². The third-order valence-corrected chi connectivity index (χ3v) is 8.54. The molecule has 0 aromatic heterocycles. The van der Waals surface area contributed by atoms with Crippen LogP contribution in [0.3, 0.4) is 0 Å². The number of unbranched alkanes of at least 4 members (excludes halogenated alkanes) is 4. The fraction of sp³-hybridized carbons (Fsp3) is 0.514. The van der Waals surface area contributed by atoms with Crippen LogP contribution < -0.4 is 16.8 Å². The summed E-state index contributed by atoms with van der Waals surface area (Å²) < 4.78 is 0. The van der Waals surface area contributed by atoms with Crippen molar-refractivity contribution in [1.82, 2.24) is 0 Å². The van der Waals surface area contributed by atoms with E-state index in [0.717, 1.165) is 49.8 Å². The lowest BCUT2D eigenvalue weighted by molar-refractivity contribution is -0.164. The summed E-state index contributed by atoms with van der Waals surface area (Å²) in [5.41, 5.74) is 14.7. The Morgan fingerprint density at radius 3 is 1.53 bits per heavy atom. The predicted molar refractivity (Wildman–Crippen MR) is 224 cm³/mol. The van der Waals surface area contributed by atoms with Crippen LogP contribution in [0.1, 0.15) is 50.5 Å². The van der Waals surface area contributed by atoms with Crippen LogP contribution in [-0.2, 0) is 16.0 Å². The first-order chi connectivity index (χ1) is 28.1. The quantitative estimate of drug-likeness (QED) is 0.0364. The van der Waals surface area contributed by atoms with E-state index in [1.807, 2.05) is 24.3 Å². The van der Waals surface area contributed by atoms with Gasteiger partial charge in [0, 0.05) is 46.5 Å². The van der Waals surface area contributed by atoms with E-state index in [1.165, 1.54) is 0 Å². The number of nitrogens with one attached hydrogen (secondary N) is 3. The Morgan fingerprint density at radius 1 is 0.650 bits per heavy atom. The first-order valence-electron chi connectivity index (χ1n) is 18.3. The van der Waals surface area contributed by atoms with Crippen LogP contribution >= 0.6 is 23.2 Å². The summed E-state index contributed by atoms with van der Waals surface area (Å²) in [4.78, 5) is 28.5. The van der Waals surface area contributed by atoms with Gasteiger partial charge in [-0.15, -0.1) is 0 Å². The van der Waals surface area contributed by atoms with Gasteiger partial charge in [-0.3, -0.25) is 4.99 Å². The molecule has 2 aromatic carbocycles. The lowest BCUT2D eigenvalue weighted by Gasteiger charge is -2.23. The second-order valence-corrected chi connectivity index (χ2v) is 14.0. The first-order valence-corrected chi connectivity index (χ1v) is 19.1. The molecule has 0 spiro atoms. The van der Waals surface area contributed by atoms with Gasteiger partial charge in [-0.25, -0.2) is 9.59 Å². The molecular weight excluding hydrogens is 837 g/mol. The molecule has 0 aliphatic rings. The van der Waals surface area contributed by atoms with E-state index in [9.17, 15) is 9.59 Å². The molecule has 19 N–H and O–H groups in total. The number of anilines is 1. The van der Waals surface area contributed by atoms with Gasteiger partial charge < -0.3 is 88.9 Å². The molecule has 0 saturated heterocycles. The van der Waals surface area contributed by atoms with Gasteiger partial charge >= 0.3 is 11.9 Å². The molecule has 0 unspecified atom stereocenters. The molecule has 0 radical (unpaired) electrons. The highest BCUT2D eigenvalue weighted by atomic mass is 35.5. The van der Waals surface area contributed by atoms with Crippen LogP contribution in [0, 0.1) is 10.8 Å². The van der Waals surface area contributed by atoms with Crippen LogP contribution in [0.25, 0.3) is 0 Å². The minimum Gasteiger partial charge on any atom is -0.479 e. The van der Waals surface area contributed by atoms with E-state index >= 15 is 0 Å². The molecule has 0 aliphatic heterocycles. The SMILES string of the molecule is N=C(CCCCCCCN=C(N)N=C(N)Nc1ccc(Cl)cc1)CC(=N)Cc1ccc(Cl)cc1.O=C(O)[C@H](O)[C@@H](O)[C@H](O)[C@H](O)CO.O=C(O)[C@H](O)[C@@H](O)[C@H](O)[C@H](O)CO. The Hall–Kier alpha value is -4.36. The number of guanidine groups is 2. The molecule has 0 fully saturated rings.